The summed E-state index contributed by atoms with van der Waals surface area (Å²) in [5.74, 6) is 0.584. The quantitative estimate of drug-likeness (QED) is 0.794. The van der Waals surface area contributed by atoms with Crippen LogP contribution in [0.15, 0.2) is 0 Å². The SMILES string of the molecule is O=C1CCOCC1CN(C1CCCCC1)C1CCCCC1. The van der Waals surface area contributed by atoms with Gasteiger partial charge in [-0.1, -0.05) is 38.5 Å². The Bertz CT molecular complexity index is 314. The van der Waals surface area contributed by atoms with Crippen molar-refractivity contribution in [1.29, 1.82) is 0 Å². The number of carbonyl (C=O) groups is 1. The van der Waals surface area contributed by atoms with E-state index in [1.165, 1.54) is 64.2 Å². The highest BCUT2D eigenvalue weighted by Crippen LogP contribution is 2.31. The molecule has 3 heteroatoms. The van der Waals surface area contributed by atoms with Gasteiger partial charge in [-0.2, -0.15) is 0 Å². The van der Waals surface area contributed by atoms with E-state index in [0.717, 1.165) is 18.6 Å². The lowest BCUT2D eigenvalue weighted by Gasteiger charge is -2.43. The normalized spacial score (nSPS) is 30.0. The Morgan fingerprint density at radius 1 is 0.905 bits per heavy atom. The van der Waals surface area contributed by atoms with Crippen LogP contribution < -0.4 is 0 Å². The predicted octanol–water partition coefficient (Wildman–Crippen LogP) is 3.56. The monoisotopic (exact) mass is 293 g/mol. The van der Waals surface area contributed by atoms with E-state index in [1.807, 2.05) is 0 Å². The molecule has 0 N–H and O–H groups in total. The summed E-state index contributed by atoms with van der Waals surface area (Å²) in [4.78, 5) is 14.9. The molecule has 2 aliphatic carbocycles. The van der Waals surface area contributed by atoms with Crippen LogP contribution in [0.4, 0.5) is 0 Å². The predicted molar refractivity (Wildman–Crippen MR) is 84.4 cm³/mol. The number of hydrogen-bond donors (Lipinski definition) is 0. The highest BCUT2D eigenvalue weighted by molar-refractivity contribution is 5.82. The zero-order valence-corrected chi connectivity index (χ0v) is 13.4. The summed E-state index contributed by atoms with van der Waals surface area (Å²) in [6, 6.07) is 1.47. The Morgan fingerprint density at radius 2 is 1.48 bits per heavy atom. The van der Waals surface area contributed by atoms with Crippen molar-refractivity contribution < 1.29 is 9.53 Å². The summed E-state index contributed by atoms with van der Waals surface area (Å²) in [5, 5.41) is 0. The molecule has 0 aromatic rings. The van der Waals surface area contributed by atoms with E-state index >= 15 is 0 Å². The van der Waals surface area contributed by atoms with Crippen LogP contribution in [-0.4, -0.2) is 42.5 Å². The first-order valence-electron chi connectivity index (χ1n) is 9.21. The highest BCUT2D eigenvalue weighted by Gasteiger charge is 2.33. The Balaban J connectivity index is 1.66. The van der Waals surface area contributed by atoms with Gasteiger partial charge in [0.1, 0.15) is 5.78 Å². The van der Waals surface area contributed by atoms with Crippen molar-refractivity contribution in [1.82, 2.24) is 4.90 Å². The molecule has 0 spiro atoms. The van der Waals surface area contributed by atoms with E-state index < -0.39 is 0 Å². The van der Waals surface area contributed by atoms with E-state index in [2.05, 4.69) is 4.90 Å². The molecule has 2 saturated carbocycles. The molecule has 1 unspecified atom stereocenters. The van der Waals surface area contributed by atoms with Gasteiger partial charge in [-0.05, 0) is 25.7 Å². The maximum absolute atomic E-state index is 12.2. The molecule has 0 aromatic heterocycles. The molecule has 1 atom stereocenters. The molecule has 120 valence electrons. The van der Waals surface area contributed by atoms with Crippen molar-refractivity contribution in [3.05, 3.63) is 0 Å². The van der Waals surface area contributed by atoms with Crippen LogP contribution in [0, 0.1) is 5.92 Å². The minimum absolute atomic E-state index is 0.141. The zero-order valence-electron chi connectivity index (χ0n) is 13.4. The van der Waals surface area contributed by atoms with Crippen molar-refractivity contribution in [2.24, 2.45) is 5.92 Å². The third kappa shape index (κ3) is 4.07. The van der Waals surface area contributed by atoms with Gasteiger partial charge in [-0.25, -0.2) is 0 Å². The number of ether oxygens (including phenoxy) is 1. The van der Waals surface area contributed by atoms with Crippen LogP contribution in [0.1, 0.15) is 70.6 Å². The average molecular weight is 293 g/mol. The van der Waals surface area contributed by atoms with Crippen LogP contribution in [0.25, 0.3) is 0 Å². The third-order valence-electron chi connectivity index (χ3n) is 5.79. The van der Waals surface area contributed by atoms with Crippen LogP contribution in [0.2, 0.25) is 0 Å². The summed E-state index contributed by atoms with van der Waals surface area (Å²) < 4.78 is 5.58. The van der Waals surface area contributed by atoms with Gasteiger partial charge in [0, 0.05) is 25.0 Å². The summed E-state index contributed by atoms with van der Waals surface area (Å²) in [6.45, 7) is 2.27. The Labute approximate surface area is 129 Å². The molecule has 0 amide bonds. The van der Waals surface area contributed by atoms with Gasteiger partial charge in [0.25, 0.3) is 0 Å². The number of ketones is 1. The van der Waals surface area contributed by atoms with Crippen molar-refractivity contribution in [3.63, 3.8) is 0 Å². The molecule has 0 aromatic carbocycles. The van der Waals surface area contributed by atoms with Crippen LogP contribution in [-0.2, 0) is 9.53 Å². The molecule has 0 radical (unpaired) electrons. The number of rotatable bonds is 4. The molecular weight excluding hydrogens is 262 g/mol. The summed E-state index contributed by atoms with van der Waals surface area (Å²) in [5.41, 5.74) is 0. The lowest BCUT2D eigenvalue weighted by molar-refractivity contribution is -0.132. The minimum Gasteiger partial charge on any atom is -0.380 e. The number of hydrogen-bond acceptors (Lipinski definition) is 3. The smallest absolute Gasteiger partial charge is 0.141 e. The van der Waals surface area contributed by atoms with Crippen molar-refractivity contribution >= 4 is 5.78 Å². The average Bonchev–Trinajstić information content (AvgIpc) is 2.56. The zero-order chi connectivity index (χ0) is 14.5. The molecule has 1 heterocycles. The Morgan fingerprint density at radius 3 is 2.00 bits per heavy atom. The van der Waals surface area contributed by atoms with Gasteiger partial charge >= 0.3 is 0 Å². The van der Waals surface area contributed by atoms with Crippen LogP contribution >= 0.6 is 0 Å². The van der Waals surface area contributed by atoms with E-state index in [-0.39, 0.29) is 5.92 Å². The molecule has 1 saturated heterocycles. The van der Waals surface area contributed by atoms with Gasteiger partial charge in [0.15, 0.2) is 0 Å². The second kappa shape index (κ2) is 7.73. The maximum Gasteiger partial charge on any atom is 0.141 e. The van der Waals surface area contributed by atoms with Gasteiger partial charge in [-0.3, -0.25) is 9.69 Å². The maximum atomic E-state index is 12.2. The largest absolute Gasteiger partial charge is 0.380 e. The van der Waals surface area contributed by atoms with Crippen LogP contribution in [0.3, 0.4) is 0 Å². The first-order chi connectivity index (χ1) is 10.3. The standard InChI is InChI=1S/C18H31NO2/c20-18-11-12-21-14-15(18)13-19(16-7-3-1-4-8-16)17-9-5-2-6-10-17/h15-17H,1-14H2. The van der Waals surface area contributed by atoms with Gasteiger partial charge in [0.2, 0.25) is 0 Å². The van der Waals surface area contributed by atoms with Crippen LogP contribution in [0.5, 0.6) is 0 Å². The third-order valence-corrected chi connectivity index (χ3v) is 5.79. The second-order valence-electron chi connectivity index (χ2n) is 7.27. The molecule has 3 rings (SSSR count). The Kier molecular flexibility index (Phi) is 5.70. The lowest BCUT2D eigenvalue weighted by Crippen LogP contribution is -2.49. The van der Waals surface area contributed by atoms with Gasteiger partial charge in [-0.15, -0.1) is 0 Å². The summed E-state index contributed by atoms with van der Waals surface area (Å²) >= 11 is 0. The minimum atomic E-state index is 0.141. The fourth-order valence-corrected chi connectivity index (χ4v) is 4.53. The van der Waals surface area contributed by atoms with E-state index in [1.54, 1.807) is 0 Å². The van der Waals surface area contributed by atoms with Crippen molar-refractivity contribution in [2.45, 2.75) is 82.7 Å². The van der Waals surface area contributed by atoms with Gasteiger partial charge in [0.05, 0.1) is 19.1 Å². The number of Topliss-reactive ketones (excluding diaryl/α,β-unsaturated/α-hetero) is 1. The molecule has 3 aliphatic rings. The van der Waals surface area contributed by atoms with Crippen molar-refractivity contribution in [2.75, 3.05) is 19.8 Å². The van der Waals surface area contributed by atoms with Gasteiger partial charge < -0.3 is 4.74 Å². The molecule has 21 heavy (non-hydrogen) atoms. The number of nitrogens with zero attached hydrogens (tertiary/aromatic N) is 1. The molecular formula is C18H31NO2. The highest BCUT2D eigenvalue weighted by atomic mass is 16.5. The number of carbonyl (C=O) groups excluding carboxylic acids is 1. The topological polar surface area (TPSA) is 29.5 Å². The fraction of sp³-hybridized carbons (Fsp3) is 0.944. The first-order valence-corrected chi connectivity index (χ1v) is 9.21. The first kappa shape index (κ1) is 15.5. The van der Waals surface area contributed by atoms with E-state index in [4.69, 9.17) is 4.74 Å². The molecule has 1 aliphatic heterocycles. The van der Waals surface area contributed by atoms with Crippen molar-refractivity contribution in [3.8, 4) is 0 Å². The molecule has 0 bridgehead atoms. The van der Waals surface area contributed by atoms with E-state index in [9.17, 15) is 4.79 Å². The fourth-order valence-electron chi connectivity index (χ4n) is 4.53. The second-order valence-corrected chi connectivity index (χ2v) is 7.27. The molecule has 3 fully saturated rings. The summed E-state index contributed by atoms with van der Waals surface area (Å²) in [6.07, 6.45) is 14.3. The molecule has 3 nitrogen and oxygen atoms in total. The van der Waals surface area contributed by atoms with E-state index in [0.29, 0.717) is 25.4 Å². The Hall–Kier alpha value is -0.410. The lowest BCUT2D eigenvalue weighted by atomic mass is 9.87. The summed E-state index contributed by atoms with van der Waals surface area (Å²) in [7, 11) is 0.